The molecule has 0 N–H and O–H groups in total. The van der Waals surface area contributed by atoms with Gasteiger partial charge in [0.05, 0.1) is 5.56 Å². The zero-order chi connectivity index (χ0) is 81.3. The number of aromatic nitrogens is 8. The summed E-state index contributed by atoms with van der Waals surface area (Å²) in [6.07, 6.45) is 6.36. The van der Waals surface area contributed by atoms with E-state index in [4.69, 9.17) is 4.98 Å². The fourth-order valence-corrected chi connectivity index (χ4v) is 21.1. The summed E-state index contributed by atoms with van der Waals surface area (Å²) in [5, 5.41) is 19.2. The van der Waals surface area contributed by atoms with Crippen molar-refractivity contribution in [2.45, 2.75) is 108 Å². The van der Waals surface area contributed by atoms with Crippen molar-refractivity contribution in [1.82, 2.24) is 38.7 Å². The van der Waals surface area contributed by atoms with Crippen LogP contribution in [-0.4, -0.2) is 38.7 Å². The molecule has 7 aromatic carbocycles. The molecular weight excluding hydrogens is 2660 g/mol. The first kappa shape index (κ1) is 91.4. The first-order valence-electron chi connectivity index (χ1n) is 39.2. The summed E-state index contributed by atoms with van der Waals surface area (Å²) in [6, 6.07) is 85.2. The van der Waals surface area contributed by atoms with Gasteiger partial charge in [0.2, 0.25) is 0 Å². The van der Waals surface area contributed by atoms with Crippen molar-refractivity contribution in [3.05, 3.63) is 368 Å². The number of thiophene rings is 2. The molecule has 0 bridgehead atoms. The maximum absolute atomic E-state index is 14.6. The fourth-order valence-electron chi connectivity index (χ4n) is 19.2. The van der Waals surface area contributed by atoms with Crippen LogP contribution in [0.3, 0.4) is 0 Å². The zero-order valence-corrected chi connectivity index (χ0v) is 84.1. The Kier molecular flexibility index (Phi) is 25.1. The van der Waals surface area contributed by atoms with Gasteiger partial charge >= 0.3 is 6.18 Å². The van der Waals surface area contributed by atoms with Crippen LogP contribution in [0.4, 0.5) is 22.0 Å². The number of hydrogen-bond acceptors (Lipinski definition) is 8. The third kappa shape index (κ3) is 14.3. The zero-order valence-electron chi connectivity index (χ0n) is 68.1. The van der Waals surface area contributed by atoms with Gasteiger partial charge < -0.3 is 38.7 Å². The van der Waals surface area contributed by atoms with Crippen molar-refractivity contribution < 1.29 is 143 Å². The van der Waals surface area contributed by atoms with Crippen LogP contribution in [0.15, 0.2) is 260 Å². The van der Waals surface area contributed by atoms with E-state index in [1.807, 2.05) is 49.1 Å². The van der Waals surface area contributed by atoms with E-state index in [9.17, 15) is 22.0 Å². The van der Waals surface area contributed by atoms with Gasteiger partial charge in [0.1, 0.15) is 0 Å². The fraction of sp³-hybridized carbons (Fsp3) is 0.165. The molecule has 14 heterocycles. The summed E-state index contributed by atoms with van der Waals surface area (Å²) in [6.45, 7) is 21.9. The quantitative estimate of drug-likeness (QED) is 0.111. The average molecular weight is 2740 g/mol. The van der Waals surface area contributed by atoms with Gasteiger partial charge in [-0.15, -0.1) is 81.0 Å². The maximum Gasteiger partial charge on any atom is 0.418 e. The molecule has 2 aliphatic heterocycles. The first-order valence-corrected chi connectivity index (χ1v) is 41.0. The molecule has 19 aromatic rings. The van der Waals surface area contributed by atoms with E-state index in [1.165, 1.54) is 128 Å². The van der Waals surface area contributed by atoms with E-state index < -0.39 is 23.1 Å². The van der Waals surface area contributed by atoms with Gasteiger partial charge in [0, 0.05) is 186 Å². The minimum atomic E-state index is -4.39. The van der Waals surface area contributed by atoms with E-state index >= 15 is 0 Å². The third-order valence-corrected chi connectivity index (χ3v) is 26.7. The van der Waals surface area contributed by atoms with Crippen LogP contribution in [0.5, 0.6) is 0 Å². The van der Waals surface area contributed by atoms with Gasteiger partial charge in [-0.2, -0.15) is 57.8 Å². The molecule has 124 heavy (non-hydrogen) atoms. The Morgan fingerprint density at radius 3 is 1.44 bits per heavy atom. The second kappa shape index (κ2) is 34.1. The number of alkyl halides is 5. The number of hydrogen-bond donors (Lipinski definition) is 0. The molecule has 12 aromatic heterocycles. The summed E-state index contributed by atoms with van der Waals surface area (Å²) in [7, 11) is 0. The molecule has 0 spiro atoms. The van der Waals surface area contributed by atoms with Crippen LogP contribution in [0, 0.1) is 35.7 Å². The first-order chi connectivity index (χ1) is 56.8. The summed E-state index contributed by atoms with van der Waals surface area (Å²) in [4.78, 5) is 28.4. The molecule has 8 nitrogen and oxygen atoms in total. The normalized spacial score (nSPS) is 14.7. The smallest absolute Gasteiger partial charge is 0.347 e. The number of fused-ring (bicyclic) bond motifs is 14. The molecule has 6 aliphatic rings. The molecule has 25 rings (SSSR count). The van der Waals surface area contributed by atoms with Gasteiger partial charge in [0.15, 0.2) is 0 Å². The van der Waals surface area contributed by atoms with E-state index in [1.54, 1.807) is 89.6 Å². The predicted octanol–water partition coefficient (Wildman–Crippen LogP) is 26.3. The van der Waals surface area contributed by atoms with Crippen LogP contribution >= 0.6 is 22.7 Å². The minimum absolute atomic E-state index is 0. The van der Waals surface area contributed by atoms with Crippen molar-refractivity contribution in [3.8, 4) is 67.8 Å². The number of pyridine rings is 8. The van der Waals surface area contributed by atoms with Gasteiger partial charge in [0.25, 0.3) is 5.92 Å². The number of nitrogens with zero attached hydrogens (tertiary/aromatic N) is 8. The van der Waals surface area contributed by atoms with Crippen LogP contribution in [0.1, 0.15) is 141 Å². The van der Waals surface area contributed by atoms with E-state index in [0.29, 0.717) is 33.5 Å². The standard InChI is InChI=1S/C22H16N.C17H12F3N2.C16H8F2N.C16H13N2.2C16H12NS.6Ir/c1-22(2)18-9-5-7-15-12-13-23-21(19(15)18)17-11-10-14-6-3-4-8-16(14)20(17)22;1-16(2)11-6-4-8-21-14(11)13-7-3-5-10-9-12(17(18,19)20)15(16)22(10)13;17-16(18)12-7-2-5-10-4-1-6-11(14(10)12)15-13(16)8-3-9-19-15;1-16(2)12-6-4-10-17-15(12)13-7-3-5-11-8-9-14(16)18(11)13;1-16(2)12-5-3-4-10-6-8-17-14(13(10)12)11-7-9-18-15(11)16;1-16(2)12-5-3-4-10-6-7-17-15(14(10)12)11-8-18-9-13(11)16;;;;;;/h3-10,12-13H,1-2H3;3-6,8-9H,1-2H3;1-5,7-9H;3-6,8-10H,1-2H3;3-6,8-9H,1-2H3;3-7,9H,1-2H3;;;;;;/q6*-1;;;;;;. The Morgan fingerprint density at radius 1 is 0.355 bits per heavy atom. The largest absolute Gasteiger partial charge is 0.418 e. The number of rotatable bonds is 0. The van der Waals surface area contributed by atoms with E-state index in [-0.39, 0.29) is 159 Å². The van der Waals surface area contributed by atoms with Crippen molar-refractivity contribution >= 4 is 87.6 Å². The maximum atomic E-state index is 14.6. The Balaban J connectivity index is 0.000000120. The van der Waals surface area contributed by atoms with Gasteiger partial charge in [-0.3, -0.25) is 11.3 Å². The molecule has 6 radical (unpaired) electrons. The van der Waals surface area contributed by atoms with Gasteiger partial charge in [-0.1, -0.05) is 233 Å². The molecule has 4 aliphatic carbocycles. The SMILES string of the molecule is CC1(C)c2c([c-]cc3ccccc23)-c2nccc3cccc1c23.CC1(C)c2cccnc2-c2[c-]ccc3cc(C(F)(F)F)c1n23.CC1(C)c2cccnc2-c2[c-]ccc3ccc1n23.CC1(C)c2cs[c-]c2-c2nccc3cccc1c23.CC1(C)c2sc[c-]c2-c2nccc3cccc1c23.FC1(F)c2cccnc2-c2[c-]ccc3cccc1c23.[Ir].[Ir].[Ir].[Ir].[Ir].[Ir]. The molecule has 0 fully saturated rings. The summed E-state index contributed by atoms with van der Waals surface area (Å²) >= 11 is 3.43. The molecule has 0 saturated carbocycles. The Labute approximate surface area is 804 Å². The molecule has 0 unspecified atom stereocenters. The summed E-state index contributed by atoms with van der Waals surface area (Å²) in [5.74, 6) is -3.01. The second-order valence-electron chi connectivity index (χ2n) is 33.3. The molecule has 21 heteroatoms. The van der Waals surface area contributed by atoms with Crippen LogP contribution < -0.4 is 0 Å². The molecular formula is C103H73F5Ir6N8S2-6. The predicted molar refractivity (Wildman–Crippen MR) is 465 cm³/mol. The van der Waals surface area contributed by atoms with Crippen molar-refractivity contribution in [2.24, 2.45) is 0 Å². The average Bonchev–Trinajstić information content (AvgIpc) is 1.01. The molecule has 0 amide bonds. The van der Waals surface area contributed by atoms with Gasteiger partial charge in [-0.25, -0.2) is 11.3 Å². The van der Waals surface area contributed by atoms with Crippen LogP contribution in [0.2, 0.25) is 0 Å². The Morgan fingerprint density at radius 2 is 0.839 bits per heavy atom. The van der Waals surface area contributed by atoms with Crippen LogP contribution in [-0.2, 0) is 160 Å². The second-order valence-corrected chi connectivity index (χ2v) is 34.9. The van der Waals surface area contributed by atoms with E-state index in [0.717, 1.165) is 45.0 Å². The Hall–Kier alpha value is -8.79. The number of benzene rings is 7. The number of halogens is 5. The summed E-state index contributed by atoms with van der Waals surface area (Å²) < 4.78 is 73.6. The minimum Gasteiger partial charge on any atom is -0.347 e. The van der Waals surface area contributed by atoms with Gasteiger partial charge in [-0.05, 0) is 176 Å². The van der Waals surface area contributed by atoms with Crippen LogP contribution in [0.25, 0.3) is 133 Å². The summed E-state index contributed by atoms with van der Waals surface area (Å²) in [5.41, 5.74) is 22.0. The van der Waals surface area contributed by atoms with Crippen molar-refractivity contribution in [1.29, 1.82) is 0 Å². The molecule has 0 atom stereocenters. The van der Waals surface area contributed by atoms with Crippen molar-refractivity contribution in [3.63, 3.8) is 0 Å². The Bertz CT molecular complexity index is 7230. The van der Waals surface area contributed by atoms with Crippen molar-refractivity contribution in [2.75, 3.05) is 0 Å². The molecule has 0 saturated heterocycles. The topological polar surface area (TPSA) is 86.2 Å². The monoisotopic (exact) mass is 2740 g/mol. The molecule has 632 valence electrons. The van der Waals surface area contributed by atoms with E-state index in [2.05, 4.69) is 259 Å². The third-order valence-electron chi connectivity index (χ3n) is 24.9.